The summed E-state index contributed by atoms with van der Waals surface area (Å²) in [5.41, 5.74) is 0. The van der Waals surface area contributed by atoms with Crippen LogP contribution in [0, 0.1) is 5.92 Å². The lowest BCUT2D eigenvalue weighted by Crippen LogP contribution is -2.50. The van der Waals surface area contributed by atoms with Gasteiger partial charge in [-0.05, 0) is 51.3 Å². The molecular formula is C18H29N3O. The molecule has 1 aromatic heterocycles. The number of pyridine rings is 1. The van der Waals surface area contributed by atoms with Gasteiger partial charge in [0.15, 0.2) is 0 Å². The minimum atomic E-state index is 0.137. The van der Waals surface area contributed by atoms with E-state index in [0.717, 1.165) is 24.8 Å². The third kappa shape index (κ3) is 4.07. The van der Waals surface area contributed by atoms with Gasteiger partial charge in [0.2, 0.25) is 5.91 Å². The number of likely N-dealkylation sites (tertiary alicyclic amines) is 1. The number of piperidine rings is 1. The van der Waals surface area contributed by atoms with Crippen LogP contribution < -0.4 is 4.90 Å². The number of amides is 1. The molecule has 1 fully saturated rings. The summed E-state index contributed by atoms with van der Waals surface area (Å²) in [5, 5.41) is 0. The average Bonchev–Trinajstić information content (AvgIpc) is 2.51. The third-order valence-corrected chi connectivity index (χ3v) is 4.68. The third-order valence-electron chi connectivity index (χ3n) is 4.68. The zero-order chi connectivity index (χ0) is 16.1. The Morgan fingerprint density at radius 3 is 2.82 bits per heavy atom. The highest BCUT2D eigenvalue weighted by atomic mass is 16.2. The second-order valence-electron chi connectivity index (χ2n) is 6.63. The Hall–Kier alpha value is -1.42. The summed E-state index contributed by atoms with van der Waals surface area (Å²) in [6.07, 6.45) is 4.76. The van der Waals surface area contributed by atoms with Gasteiger partial charge in [0.1, 0.15) is 5.82 Å². The van der Waals surface area contributed by atoms with Crippen molar-refractivity contribution in [2.75, 3.05) is 18.0 Å². The molecule has 0 aliphatic carbocycles. The summed E-state index contributed by atoms with van der Waals surface area (Å²) in [6.45, 7) is 10.7. The second kappa shape index (κ2) is 7.73. The molecule has 4 nitrogen and oxygen atoms in total. The van der Waals surface area contributed by atoms with Crippen molar-refractivity contribution in [3.63, 3.8) is 0 Å². The minimum absolute atomic E-state index is 0.137. The number of rotatable bonds is 5. The number of nitrogens with zero attached hydrogens (tertiary/aromatic N) is 3. The zero-order valence-corrected chi connectivity index (χ0v) is 14.3. The fourth-order valence-corrected chi connectivity index (χ4v) is 3.41. The lowest BCUT2D eigenvalue weighted by atomic mass is 9.93. The fraction of sp³-hybridized carbons (Fsp3) is 0.667. The lowest BCUT2D eigenvalue weighted by Gasteiger charge is -2.40. The quantitative estimate of drug-likeness (QED) is 0.837. The molecule has 1 aromatic rings. The van der Waals surface area contributed by atoms with Crippen LogP contribution in [0.25, 0.3) is 0 Å². The highest BCUT2D eigenvalue weighted by Gasteiger charge is 2.28. The van der Waals surface area contributed by atoms with E-state index in [1.54, 1.807) is 6.20 Å². The molecule has 1 saturated heterocycles. The van der Waals surface area contributed by atoms with Gasteiger partial charge in [-0.25, -0.2) is 4.98 Å². The Labute approximate surface area is 134 Å². The number of anilines is 1. The van der Waals surface area contributed by atoms with E-state index in [1.807, 2.05) is 30.0 Å². The van der Waals surface area contributed by atoms with Crippen LogP contribution in [0.15, 0.2) is 24.4 Å². The Morgan fingerprint density at radius 1 is 1.45 bits per heavy atom. The molecule has 0 bridgehead atoms. The van der Waals surface area contributed by atoms with Crippen molar-refractivity contribution in [1.29, 1.82) is 0 Å². The van der Waals surface area contributed by atoms with E-state index in [9.17, 15) is 4.79 Å². The van der Waals surface area contributed by atoms with E-state index >= 15 is 0 Å². The van der Waals surface area contributed by atoms with Gasteiger partial charge in [-0.2, -0.15) is 0 Å². The predicted molar refractivity (Wildman–Crippen MR) is 90.9 cm³/mol. The zero-order valence-electron chi connectivity index (χ0n) is 14.3. The highest BCUT2D eigenvalue weighted by Crippen LogP contribution is 2.24. The van der Waals surface area contributed by atoms with Gasteiger partial charge < -0.3 is 0 Å². The Morgan fingerprint density at radius 2 is 2.23 bits per heavy atom. The molecule has 3 atom stereocenters. The first kappa shape index (κ1) is 16.9. The Kier molecular flexibility index (Phi) is 5.95. The van der Waals surface area contributed by atoms with Gasteiger partial charge in [-0.1, -0.05) is 19.9 Å². The number of aromatic nitrogens is 1. The standard InChI is InChI=1S/C18H29N3O/c1-5-18(22)21(17-8-6-7-10-19-17)16(4)13-20-11-9-14(2)12-15(20)3/h6-8,10,14-16H,5,9,11-13H2,1-4H3/t14-,15+,16?/m0/s1. The topological polar surface area (TPSA) is 36.4 Å². The molecular weight excluding hydrogens is 274 g/mol. The van der Waals surface area contributed by atoms with Crippen LogP contribution in [0.5, 0.6) is 0 Å². The van der Waals surface area contributed by atoms with E-state index in [4.69, 9.17) is 0 Å². The molecule has 1 aliphatic heterocycles. The molecule has 22 heavy (non-hydrogen) atoms. The maximum atomic E-state index is 12.4. The summed E-state index contributed by atoms with van der Waals surface area (Å²) < 4.78 is 0. The van der Waals surface area contributed by atoms with E-state index in [2.05, 4.69) is 30.7 Å². The molecule has 2 heterocycles. The summed E-state index contributed by atoms with van der Waals surface area (Å²) in [7, 11) is 0. The van der Waals surface area contributed by atoms with Gasteiger partial charge in [0, 0.05) is 31.2 Å². The molecule has 0 N–H and O–H groups in total. The smallest absolute Gasteiger partial charge is 0.228 e. The van der Waals surface area contributed by atoms with Crippen molar-refractivity contribution in [3.05, 3.63) is 24.4 Å². The molecule has 4 heteroatoms. The van der Waals surface area contributed by atoms with Crippen molar-refractivity contribution >= 4 is 11.7 Å². The maximum absolute atomic E-state index is 12.4. The van der Waals surface area contributed by atoms with E-state index < -0.39 is 0 Å². The normalized spacial score (nSPS) is 24.0. The maximum Gasteiger partial charge on any atom is 0.228 e. The van der Waals surface area contributed by atoms with Crippen molar-refractivity contribution < 1.29 is 4.79 Å². The van der Waals surface area contributed by atoms with Crippen LogP contribution in [0.3, 0.4) is 0 Å². The average molecular weight is 303 g/mol. The van der Waals surface area contributed by atoms with Crippen molar-refractivity contribution in [3.8, 4) is 0 Å². The number of carbonyl (C=O) groups excluding carboxylic acids is 1. The van der Waals surface area contributed by atoms with Gasteiger partial charge in [0.05, 0.1) is 0 Å². The van der Waals surface area contributed by atoms with E-state index in [-0.39, 0.29) is 11.9 Å². The van der Waals surface area contributed by atoms with Crippen molar-refractivity contribution in [2.24, 2.45) is 5.92 Å². The number of hydrogen-bond acceptors (Lipinski definition) is 3. The van der Waals surface area contributed by atoms with Crippen LogP contribution >= 0.6 is 0 Å². The molecule has 1 aliphatic rings. The van der Waals surface area contributed by atoms with Crippen molar-refractivity contribution in [1.82, 2.24) is 9.88 Å². The van der Waals surface area contributed by atoms with Crippen LogP contribution in [0.1, 0.15) is 47.0 Å². The first-order valence-electron chi connectivity index (χ1n) is 8.50. The summed E-state index contributed by atoms with van der Waals surface area (Å²) in [6, 6.07) is 6.48. The molecule has 0 saturated carbocycles. The monoisotopic (exact) mass is 303 g/mol. The first-order valence-corrected chi connectivity index (χ1v) is 8.50. The van der Waals surface area contributed by atoms with Crippen LogP contribution in [-0.2, 0) is 4.79 Å². The second-order valence-corrected chi connectivity index (χ2v) is 6.63. The van der Waals surface area contributed by atoms with E-state index in [0.29, 0.717) is 12.5 Å². The van der Waals surface area contributed by atoms with E-state index in [1.165, 1.54) is 12.8 Å². The molecule has 0 aromatic carbocycles. The Balaban J connectivity index is 2.09. The highest BCUT2D eigenvalue weighted by molar-refractivity contribution is 5.92. The van der Waals surface area contributed by atoms with Crippen LogP contribution in [0.4, 0.5) is 5.82 Å². The SMILES string of the molecule is CCC(=O)N(c1ccccn1)C(C)CN1CC[C@H](C)C[C@H]1C. The summed E-state index contributed by atoms with van der Waals surface area (Å²) >= 11 is 0. The van der Waals surface area contributed by atoms with Crippen LogP contribution in [0.2, 0.25) is 0 Å². The summed E-state index contributed by atoms with van der Waals surface area (Å²) in [4.78, 5) is 21.2. The minimum Gasteiger partial charge on any atom is -0.299 e. The Bertz CT molecular complexity index is 476. The first-order chi connectivity index (χ1) is 10.5. The van der Waals surface area contributed by atoms with Crippen molar-refractivity contribution in [2.45, 2.75) is 59.0 Å². The van der Waals surface area contributed by atoms with Gasteiger partial charge >= 0.3 is 0 Å². The number of carbonyl (C=O) groups is 1. The molecule has 122 valence electrons. The number of hydrogen-bond donors (Lipinski definition) is 0. The molecule has 1 unspecified atom stereocenters. The molecule has 0 spiro atoms. The van der Waals surface area contributed by atoms with Crippen LogP contribution in [-0.4, -0.2) is 41.0 Å². The van der Waals surface area contributed by atoms with Gasteiger partial charge in [-0.3, -0.25) is 14.6 Å². The predicted octanol–water partition coefficient (Wildman–Crippen LogP) is 3.33. The largest absolute Gasteiger partial charge is 0.299 e. The fourth-order valence-electron chi connectivity index (χ4n) is 3.41. The molecule has 1 amide bonds. The summed E-state index contributed by atoms with van der Waals surface area (Å²) in [5.74, 6) is 1.72. The lowest BCUT2D eigenvalue weighted by molar-refractivity contribution is -0.118. The molecule has 2 rings (SSSR count). The van der Waals surface area contributed by atoms with Gasteiger partial charge in [0.25, 0.3) is 0 Å². The van der Waals surface area contributed by atoms with Gasteiger partial charge in [-0.15, -0.1) is 0 Å². The molecule has 0 radical (unpaired) electrons.